The number of rotatable bonds is 5. The van der Waals surface area contributed by atoms with Gasteiger partial charge in [0.15, 0.2) is 0 Å². The highest BCUT2D eigenvalue weighted by molar-refractivity contribution is 6.62. The van der Waals surface area contributed by atoms with Crippen molar-refractivity contribution in [1.82, 2.24) is 5.32 Å². The highest BCUT2D eigenvalue weighted by Gasteiger charge is 2.51. The Morgan fingerprint density at radius 1 is 1.22 bits per heavy atom. The topological polar surface area (TPSA) is 77.0 Å². The van der Waals surface area contributed by atoms with E-state index in [2.05, 4.69) is 5.32 Å². The molecule has 0 saturated carbocycles. The van der Waals surface area contributed by atoms with Gasteiger partial charge in [-0.2, -0.15) is 0 Å². The second kappa shape index (κ2) is 6.41. The summed E-state index contributed by atoms with van der Waals surface area (Å²) in [6, 6.07) is 7.46. The summed E-state index contributed by atoms with van der Waals surface area (Å²) in [6.45, 7) is 10.1. The monoisotopic (exact) mass is 321 g/mol. The normalized spacial score (nSPS) is 20.1. The molecule has 1 unspecified atom stereocenters. The molecule has 1 atom stereocenters. The van der Waals surface area contributed by atoms with Crippen LogP contribution in [0.1, 0.15) is 34.6 Å². The Kier molecular flexibility index (Phi) is 4.91. The maximum absolute atomic E-state index is 10.5. The number of carboxylic acid groups (broad SMARTS) is 1. The van der Waals surface area contributed by atoms with Gasteiger partial charge in [0.05, 0.1) is 17.7 Å². The largest absolute Gasteiger partial charge is 0.494 e. The maximum Gasteiger partial charge on any atom is 0.494 e. The predicted molar refractivity (Wildman–Crippen MR) is 88.3 cm³/mol. The van der Waals surface area contributed by atoms with E-state index in [0.717, 1.165) is 5.46 Å². The van der Waals surface area contributed by atoms with Crippen LogP contribution in [0.25, 0.3) is 0 Å². The zero-order valence-electron chi connectivity index (χ0n) is 14.3. The summed E-state index contributed by atoms with van der Waals surface area (Å²) in [5, 5.41) is 10.9. The van der Waals surface area contributed by atoms with Gasteiger partial charge in [0, 0.05) is 0 Å². The van der Waals surface area contributed by atoms with Crippen LogP contribution in [0.4, 0.5) is 4.79 Å². The lowest BCUT2D eigenvalue weighted by Crippen LogP contribution is -2.41. The molecule has 1 aromatic carbocycles. The van der Waals surface area contributed by atoms with Crippen molar-refractivity contribution in [2.45, 2.75) is 51.9 Å². The minimum Gasteiger partial charge on any atom is -0.489 e. The molecule has 7 heteroatoms. The van der Waals surface area contributed by atoms with Gasteiger partial charge in [0.25, 0.3) is 0 Å². The van der Waals surface area contributed by atoms with Gasteiger partial charge in [-0.1, -0.05) is 12.1 Å². The number of hydrogen-bond donors (Lipinski definition) is 2. The smallest absolute Gasteiger partial charge is 0.489 e. The molecule has 0 spiro atoms. The minimum atomic E-state index is -1.06. The molecule has 1 aliphatic rings. The first-order chi connectivity index (χ1) is 10.6. The van der Waals surface area contributed by atoms with Crippen LogP contribution in [0.5, 0.6) is 5.75 Å². The molecule has 1 amide bonds. The SMILES string of the molecule is CC(CNC(=O)O)Oc1ccc(B2OC(C)(C)C(C)(C)O2)cc1. The van der Waals surface area contributed by atoms with Gasteiger partial charge in [0.1, 0.15) is 11.9 Å². The molecule has 23 heavy (non-hydrogen) atoms. The molecule has 0 aromatic heterocycles. The zero-order chi connectivity index (χ0) is 17.3. The highest BCUT2D eigenvalue weighted by Crippen LogP contribution is 2.36. The second-order valence-corrected chi connectivity index (χ2v) is 6.77. The summed E-state index contributed by atoms with van der Waals surface area (Å²) in [5.41, 5.74) is 0.181. The van der Waals surface area contributed by atoms with Gasteiger partial charge in [0.2, 0.25) is 0 Å². The molecule has 2 N–H and O–H groups in total. The lowest BCUT2D eigenvalue weighted by atomic mass is 9.79. The second-order valence-electron chi connectivity index (χ2n) is 6.77. The fraction of sp³-hybridized carbons (Fsp3) is 0.562. The molecular weight excluding hydrogens is 297 g/mol. The summed E-state index contributed by atoms with van der Waals surface area (Å²) >= 11 is 0. The highest BCUT2D eigenvalue weighted by atomic mass is 16.7. The van der Waals surface area contributed by atoms with Gasteiger partial charge in [-0.3, -0.25) is 0 Å². The molecule has 126 valence electrons. The van der Waals surface area contributed by atoms with Crippen LogP contribution in [0.15, 0.2) is 24.3 Å². The Labute approximate surface area is 137 Å². The van der Waals surface area contributed by atoms with Crippen molar-refractivity contribution < 1.29 is 23.9 Å². The fourth-order valence-corrected chi connectivity index (χ4v) is 2.19. The van der Waals surface area contributed by atoms with E-state index in [0.29, 0.717) is 5.75 Å². The molecule has 0 radical (unpaired) electrons. The van der Waals surface area contributed by atoms with E-state index in [9.17, 15) is 4.79 Å². The van der Waals surface area contributed by atoms with Crippen LogP contribution in [0.3, 0.4) is 0 Å². The first-order valence-corrected chi connectivity index (χ1v) is 7.70. The summed E-state index contributed by atoms with van der Waals surface area (Å²) in [5.74, 6) is 0.671. The third-order valence-electron chi connectivity index (χ3n) is 4.28. The Morgan fingerprint density at radius 3 is 2.22 bits per heavy atom. The zero-order valence-corrected chi connectivity index (χ0v) is 14.3. The molecular formula is C16H24BNO5. The number of amides is 1. The average Bonchev–Trinajstić information content (AvgIpc) is 2.66. The predicted octanol–water partition coefficient (Wildman–Crippen LogP) is 2.02. The van der Waals surface area contributed by atoms with E-state index >= 15 is 0 Å². The standard InChI is InChI=1S/C16H24BNO5/c1-11(10-18-14(19)20)21-13-8-6-12(7-9-13)17-22-15(2,3)16(4,5)23-17/h6-9,11,18H,10H2,1-5H3,(H,19,20). The Bertz CT molecular complexity index is 542. The third kappa shape index (κ3) is 4.17. The van der Waals surface area contributed by atoms with E-state index in [1.165, 1.54) is 0 Å². The number of hydrogen-bond acceptors (Lipinski definition) is 4. The molecule has 0 bridgehead atoms. The Hall–Kier alpha value is -1.73. The third-order valence-corrected chi connectivity index (χ3v) is 4.28. The summed E-state index contributed by atoms with van der Waals surface area (Å²) in [4.78, 5) is 10.5. The number of carbonyl (C=O) groups is 1. The molecule has 0 aliphatic carbocycles. The van der Waals surface area contributed by atoms with Crippen molar-refractivity contribution in [3.05, 3.63) is 24.3 Å². The van der Waals surface area contributed by atoms with Crippen LogP contribution in [-0.4, -0.2) is 42.2 Å². The molecule has 6 nitrogen and oxygen atoms in total. The van der Waals surface area contributed by atoms with Crippen molar-refractivity contribution in [1.29, 1.82) is 0 Å². The van der Waals surface area contributed by atoms with Gasteiger partial charge in [-0.05, 0) is 52.2 Å². The van der Waals surface area contributed by atoms with Gasteiger partial charge in [-0.25, -0.2) is 4.79 Å². The quantitative estimate of drug-likeness (QED) is 0.812. The van der Waals surface area contributed by atoms with Crippen LogP contribution in [0.2, 0.25) is 0 Å². The van der Waals surface area contributed by atoms with E-state index in [1.807, 2.05) is 52.0 Å². The van der Waals surface area contributed by atoms with Crippen molar-refractivity contribution in [3.63, 3.8) is 0 Å². The first kappa shape index (κ1) is 17.6. The van der Waals surface area contributed by atoms with Gasteiger partial charge in [-0.15, -0.1) is 0 Å². The first-order valence-electron chi connectivity index (χ1n) is 7.70. The van der Waals surface area contributed by atoms with Crippen molar-refractivity contribution in [2.24, 2.45) is 0 Å². The van der Waals surface area contributed by atoms with Crippen LogP contribution < -0.4 is 15.5 Å². The Balaban J connectivity index is 1.97. The number of nitrogens with one attached hydrogen (secondary N) is 1. The molecule has 1 saturated heterocycles. The van der Waals surface area contributed by atoms with Gasteiger partial charge >= 0.3 is 13.2 Å². The van der Waals surface area contributed by atoms with Crippen molar-refractivity contribution in [3.8, 4) is 5.75 Å². The van der Waals surface area contributed by atoms with Crippen molar-refractivity contribution in [2.75, 3.05) is 6.54 Å². The fourth-order valence-electron chi connectivity index (χ4n) is 2.19. The lowest BCUT2D eigenvalue weighted by molar-refractivity contribution is 0.00578. The van der Waals surface area contributed by atoms with E-state index in [-0.39, 0.29) is 23.9 Å². The van der Waals surface area contributed by atoms with Crippen LogP contribution in [0, 0.1) is 0 Å². The van der Waals surface area contributed by atoms with E-state index < -0.39 is 13.2 Å². The van der Waals surface area contributed by atoms with Crippen LogP contribution in [-0.2, 0) is 9.31 Å². The summed E-state index contributed by atoms with van der Waals surface area (Å²) < 4.78 is 17.7. The molecule has 2 rings (SSSR count). The van der Waals surface area contributed by atoms with E-state index in [4.69, 9.17) is 19.2 Å². The Morgan fingerprint density at radius 2 is 1.74 bits per heavy atom. The number of benzene rings is 1. The molecule has 1 aromatic rings. The maximum atomic E-state index is 10.5. The van der Waals surface area contributed by atoms with Gasteiger partial charge < -0.3 is 24.5 Å². The molecule has 1 heterocycles. The van der Waals surface area contributed by atoms with Crippen LogP contribution >= 0.6 is 0 Å². The molecule has 1 aliphatic heterocycles. The minimum absolute atomic E-state index is 0.230. The summed E-state index contributed by atoms with van der Waals surface area (Å²) in [6.07, 6.45) is -1.31. The summed E-state index contributed by atoms with van der Waals surface area (Å²) in [7, 11) is -0.403. The van der Waals surface area contributed by atoms with Crippen molar-refractivity contribution >= 4 is 18.7 Å². The lowest BCUT2D eigenvalue weighted by Gasteiger charge is -2.32. The average molecular weight is 321 g/mol. The molecule has 1 fully saturated rings. The number of ether oxygens (including phenoxy) is 1. The van der Waals surface area contributed by atoms with E-state index in [1.54, 1.807) is 6.92 Å².